The van der Waals surface area contributed by atoms with Crippen molar-refractivity contribution in [1.82, 2.24) is 5.32 Å². The molecule has 0 fully saturated rings. The van der Waals surface area contributed by atoms with Crippen LogP contribution in [0.1, 0.15) is 12.8 Å². The quantitative estimate of drug-likeness (QED) is 0.555. The van der Waals surface area contributed by atoms with Crippen molar-refractivity contribution in [3.05, 3.63) is 0 Å². The summed E-state index contributed by atoms with van der Waals surface area (Å²) in [6, 6.07) is 0. The summed E-state index contributed by atoms with van der Waals surface area (Å²) >= 11 is 1.03. The zero-order valence-corrected chi connectivity index (χ0v) is 9.08. The lowest BCUT2D eigenvalue weighted by molar-refractivity contribution is -0.305. The molecule has 1 aliphatic rings. The van der Waals surface area contributed by atoms with Crippen LogP contribution in [0.25, 0.3) is 0 Å². The summed E-state index contributed by atoms with van der Waals surface area (Å²) < 4.78 is 0. The molecule has 0 spiro atoms. The molecule has 2 amide bonds. The van der Waals surface area contributed by atoms with Crippen LogP contribution in [0.3, 0.4) is 0 Å². The van der Waals surface area contributed by atoms with E-state index in [1.54, 1.807) is 0 Å². The van der Waals surface area contributed by atoms with E-state index in [-0.39, 0.29) is 24.6 Å². The number of carboxylic acids is 1. The van der Waals surface area contributed by atoms with Crippen molar-refractivity contribution >= 4 is 34.7 Å². The summed E-state index contributed by atoms with van der Waals surface area (Å²) in [5.74, 6) is -2.08. The van der Waals surface area contributed by atoms with Gasteiger partial charge in [-0.1, -0.05) is 11.8 Å². The number of aliphatic carboxylic acids is 1. The summed E-state index contributed by atoms with van der Waals surface area (Å²) in [7, 11) is 0. The Labute approximate surface area is 95.5 Å². The third-order valence-corrected chi connectivity index (χ3v) is 2.77. The standard InChI is InChI=1S/C8H11N3O4S/c9-8-11-7(15)4(16-8)3-5(12)10-2-1-6(13)14/h4H,1-3H2,(H,10,12)(H,13,14)(H2,9,11,15)/p-1/t4-/m0/s1. The molecule has 8 heteroatoms. The van der Waals surface area contributed by atoms with Crippen LogP contribution in [0, 0.1) is 0 Å². The Morgan fingerprint density at radius 3 is 2.75 bits per heavy atom. The summed E-state index contributed by atoms with van der Waals surface area (Å²) in [6.07, 6.45) is -0.309. The van der Waals surface area contributed by atoms with Crippen molar-refractivity contribution in [2.45, 2.75) is 18.1 Å². The molecule has 0 saturated heterocycles. The molecule has 0 aliphatic carbocycles. The number of nitrogens with two attached hydrogens (primary N) is 1. The van der Waals surface area contributed by atoms with Crippen molar-refractivity contribution in [3.63, 3.8) is 0 Å². The molecule has 7 nitrogen and oxygen atoms in total. The number of hydrogen-bond acceptors (Lipinski definition) is 6. The Morgan fingerprint density at radius 2 is 2.25 bits per heavy atom. The topological polar surface area (TPSA) is 125 Å². The van der Waals surface area contributed by atoms with Crippen LogP contribution < -0.4 is 16.2 Å². The maximum absolute atomic E-state index is 11.3. The minimum atomic E-state index is -1.24. The first-order valence-electron chi connectivity index (χ1n) is 4.50. The number of rotatable bonds is 5. The maximum atomic E-state index is 11.3. The molecule has 0 unspecified atom stereocenters. The zero-order valence-electron chi connectivity index (χ0n) is 8.26. The largest absolute Gasteiger partial charge is 0.550 e. The van der Waals surface area contributed by atoms with Gasteiger partial charge in [0.15, 0.2) is 5.17 Å². The van der Waals surface area contributed by atoms with Crippen molar-refractivity contribution in [2.75, 3.05) is 6.54 Å². The molecule has 0 aromatic carbocycles. The highest BCUT2D eigenvalue weighted by atomic mass is 32.2. The van der Waals surface area contributed by atoms with Crippen LogP contribution in [0.4, 0.5) is 0 Å². The van der Waals surface area contributed by atoms with E-state index in [1.165, 1.54) is 0 Å². The number of amides is 2. The lowest BCUT2D eigenvalue weighted by Gasteiger charge is -2.07. The normalized spacial score (nSPS) is 19.4. The minimum absolute atomic E-state index is 0.0108. The second kappa shape index (κ2) is 5.50. The minimum Gasteiger partial charge on any atom is -0.550 e. The monoisotopic (exact) mass is 244 g/mol. The molecule has 1 aliphatic heterocycles. The molecule has 0 saturated carbocycles. The highest BCUT2D eigenvalue weighted by molar-refractivity contribution is 8.15. The molecule has 0 aromatic rings. The van der Waals surface area contributed by atoms with Gasteiger partial charge in [-0.05, 0) is 0 Å². The molecule has 1 atom stereocenters. The first kappa shape index (κ1) is 12.5. The van der Waals surface area contributed by atoms with Gasteiger partial charge in [-0.3, -0.25) is 9.59 Å². The van der Waals surface area contributed by atoms with E-state index in [1.807, 2.05) is 0 Å². The van der Waals surface area contributed by atoms with Crippen molar-refractivity contribution < 1.29 is 19.5 Å². The van der Waals surface area contributed by atoms with Gasteiger partial charge < -0.3 is 21.0 Å². The Balaban J connectivity index is 2.25. The Kier molecular flexibility index (Phi) is 4.29. The third kappa shape index (κ3) is 3.89. The van der Waals surface area contributed by atoms with Crippen LogP contribution >= 0.6 is 11.8 Å². The maximum Gasteiger partial charge on any atom is 0.262 e. The number of hydrogen-bond donors (Lipinski definition) is 2. The van der Waals surface area contributed by atoms with Crippen molar-refractivity contribution in [2.24, 2.45) is 10.7 Å². The molecule has 3 N–H and O–H groups in total. The van der Waals surface area contributed by atoms with E-state index in [0.717, 1.165) is 11.8 Å². The molecule has 16 heavy (non-hydrogen) atoms. The van der Waals surface area contributed by atoms with Crippen LogP contribution in [0.15, 0.2) is 4.99 Å². The van der Waals surface area contributed by atoms with Gasteiger partial charge in [0, 0.05) is 25.4 Å². The smallest absolute Gasteiger partial charge is 0.262 e. The number of carboxylic acid groups (broad SMARTS) is 1. The first-order chi connectivity index (χ1) is 7.49. The summed E-state index contributed by atoms with van der Waals surface area (Å²) in [5.41, 5.74) is 5.31. The van der Waals surface area contributed by atoms with Crippen molar-refractivity contribution in [1.29, 1.82) is 0 Å². The highest BCUT2D eigenvalue weighted by Crippen LogP contribution is 2.22. The first-order valence-corrected chi connectivity index (χ1v) is 5.38. The van der Waals surface area contributed by atoms with E-state index in [4.69, 9.17) is 5.73 Å². The number of carbonyl (C=O) groups excluding carboxylic acids is 3. The Hall–Kier alpha value is -1.57. The third-order valence-electron chi connectivity index (χ3n) is 1.78. The average Bonchev–Trinajstić information content (AvgIpc) is 2.44. The number of thioether (sulfide) groups is 1. The van der Waals surface area contributed by atoms with Crippen LogP contribution in [-0.4, -0.2) is 34.7 Å². The molecule has 0 radical (unpaired) electrons. The predicted octanol–water partition coefficient (Wildman–Crippen LogP) is -2.41. The van der Waals surface area contributed by atoms with Gasteiger partial charge in [0.1, 0.15) is 5.25 Å². The fourth-order valence-corrected chi connectivity index (χ4v) is 1.90. The Morgan fingerprint density at radius 1 is 1.56 bits per heavy atom. The van der Waals surface area contributed by atoms with Crippen LogP contribution in [0.5, 0.6) is 0 Å². The van der Waals surface area contributed by atoms with E-state index in [2.05, 4.69) is 10.3 Å². The lowest BCUT2D eigenvalue weighted by Crippen LogP contribution is -2.33. The summed E-state index contributed by atoms with van der Waals surface area (Å²) in [4.78, 5) is 35.9. The zero-order chi connectivity index (χ0) is 12.1. The fraction of sp³-hybridized carbons (Fsp3) is 0.500. The van der Waals surface area contributed by atoms with Gasteiger partial charge in [0.2, 0.25) is 5.91 Å². The second-order valence-corrected chi connectivity index (χ2v) is 4.29. The van der Waals surface area contributed by atoms with E-state index in [0.29, 0.717) is 0 Å². The van der Waals surface area contributed by atoms with Gasteiger partial charge in [0.25, 0.3) is 5.91 Å². The van der Waals surface area contributed by atoms with Gasteiger partial charge in [0.05, 0.1) is 0 Å². The molecule has 0 bridgehead atoms. The lowest BCUT2D eigenvalue weighted by atomic mass is 10.2. The molecular formula is C8H10N3O4S-. The molecule has 1 heterocycles. The van der Waals surface area contributed by atoms with Gasteiger partial charge >= 0.3 is 0 Å². The molecular weight excluding hydrogens is 234 g/mol. The fourth-order valence-electron chi connectivity index (χ4n) is 1.08. The highest BCUT2D eigenvalue weighted by Gasteiger charge is 2.28. The number of nitrogens with zero attached hydrogens (tertiary/aromatic N) is 1. The van der Waals surface area contributed by atoms with E-state index >= 15 is 0 Å². The number of nitrogens with one attached hydrogen (secondary N) is 1. The van der Waals surface area contributed by atoms with Gasteiger partial charge in [-0.25, -0.2) is 0 Å². The van der Waals surface area contributed by atoms with Gasteiger partial charge in [-0.15, -0.1) is 0 Å². The van der Waals surface area contributed by atoms with E-state index in [9.17, 15) is 19.5 Å². The van der Waals surface area contributed by atoms with Crippen LogP contribution in [-0.2, 0) is 14.4 Å². The van der Waals surface area contributed by atoms with E-state index < -0.39 is 23.0 Å². The molecule has 88 valence electrons. The molecule has 0 aromatic heterocycles. The summed E-state index contributed by atoms with van der Waals surface area (Å²) in [5, 5.41) is 12.0. The van der Waals surface area contributed by atoms with Crippen molar-refractivity contribution in [3.8, 4) is 0 Å². The number of carbonyl (C=O) groups is 3. The average molecular weight is 244 g/mol. The van der Waals surface area contributed by atoms with Gasteiger partial charge in [-0.2, -0.15) is 4.99 Å². The number of aliphatic imine (C=N–C) groups is 1. The number of amidine groups is 1. The van der Waals surface area contributed by atoms with Crippen LogP contribution in [0.2, 0.25) is 0 Å². The molecule has 1 rings (SSSR count). The Bertz CT molecular complexity index is 355. The summed E-state index contributed by atoms with van der Waals surface area (Å²) in [6.45, 7) is -0.0108. The SMILES string of the molecule is NC1=NC(=O)[C@H](CC(=O)NCCC(=O)[O-])S1. The second-order valence-electron chi connectivity index (χ2n) is 3.07. The predicted molar refractivity (Wildman–Crippen MR) is 55.3 cm³/mol.